The molecule has 1 aromatic carbocycles. The normalized spacial score (nSPS) is 24.8. The molecule has 0 bridgehead atoms. The molecule has 1 atom stereocenters. The summed E-state index contributed by atoms with van der Waals surface area (Å²) in [7, 11) is 0. The van der Waals surface area contributed by atoms with E-state index in [-0.39, 0.29) is 30.4 Å². The topological polar surface area (TPSA) is 60.9 Å². The van der Waals surface area contributed by atoms with E-state index in [1.54, 1.807) is 4.90 Å². The van der Waals surface area contributed by atoms with Crippen LogP contribution in [0, 0.1) is 5.92 Å². The number of carbonyl (C=O) groups is 2. The predicted octanol–water partition coefficient (Wildman–Crippen LogP) is 3.58. The lowest BCUT2D eigenvalue weighted by Crippen LogP contribution is -2.44. The average molecular weight is 397 g/mol. The molecule has 2 heterocycles. The van der Waals surface area contributed by atoms with Crippen molar-refractivity contribution in [2.24, 2.45) is 5.92 Å². The number of imide groups is 1. The monoisotopic (exact) mass is 396 g/mol. The van der Waals surface area contributed by atoms with Crippen LogP contribution in [0.3, 0.4) is 0 Å². The number of benzene rings is 1. The third-order valence-corrected chi connectivity index (χ3v) is 6.69. The minimum absolute atomic E-state index is 0.00458. The van der Waals surface area contributed by atoms with E-state index in [4.69, 9.17) is 0 Å². The van der Waals surface area contributed by atoms with Gasteiger partial charge in [-0.05, 0) is 37.2 Å². The van der Waals surface area contributed by atoms with Crippen LogP contribution < -0.4 is 0 Å². The summed E-state index contributed by atoms with van der Waals surface area (Å²) >= 11 is 0. The highest BCUT2D eigenvalue weighted by atomic mass is 16.3. The van der Waals surface area contributed by atoms with Gasteiger partial charge in [-0.3, -0.25) is 14.5 Å². The van der Waals surface area contributed by atoms with Crippen molar-refractivity contribution < 1.29 is 14.7 Å². The van der Waals surface area contributed by atoms with Gasteiger partial charge in [0.25, 0.3) is 11.8 Å². The summed E-state index contributed by atoms with van der Waals surface area (Å²) in [5, 5.41) is 9.66. The van der Waals surface area contributed by atoms with Crippen molar-refractivity contribution in [2.75, 3.05) is 19.7 Å². The number of hydrogen-bond donors (Lipinski definition) is 1. The summed E-state index contributed by atoms with van der Waals surface area (Å²) in [5.74, 6) is -0.0995. The SMILES string of the molecule is O=C1C(c2ccccc2)=C(N2CCCC(CO)C2)C(=O)N1C1CCCCCCC1. The number of aliphatic hydroxyl groups is 1. The fourth-order valence-electron chi connectivity index (χ4n) is 5.14. The molecule has 1 aromatic rings. The molecule has 2 fully saturated rings. The van der Waals surface area contributed by atoms with Crippen molar-refractivity contribution in [2.45, 2.75) is 63.8 Å². The van der Waals surface area contributed by atoms with E-state index in [0.717, 1.165) is 50.6 Å². The van der Waals surface area contributed by atoms with Gasteiger partial charge in [0.1, 0.15) is 5.70 Å². The highest BCUT2D eigenvalue weighted by Crippen LogP contribution is 2.37. The van der Waals surface area contributed by atoms with E-state index >= 15 is 0 Å². The summed E-state index contributed by atoms with van der Waals surface area (Å²) < 4.78 is 0. The molecule has 156 valence electrons. The largest absolute Gasteiger partial charge is 0.396 e. The van der Waals surface area contributed by atoms with Crippen LogP contribution in [0.1, 0.15) is 63.4 Å². The van der Waals surface area contributed by atoms with Crippen LogP contribution in [0.25, 0.3) is 5.57 Å². The van der Waals surface area contributed by atoms with Gasteiger partial charge in [0.15, 0.2) is 0 Å². The zero-order chi connectivity index (χ0) is 20.2. The molecule has 5 heteroatoms. The number of likely N-dealkylation sites (tertiary alicyclic amines) is 1. The lowest BCUT2D eigenvalue weighted by Gasteiger charge is -2.35. The zero-order valence-electron chi connectivity index (χ0n) is 17.2. The van der Waals surface area contributed by atoms with E-state index in [1.165, 1.54) is 19.3 Å². The molecule has 5 nitrogen and oxygen atoms in total. The van der Waals surface area contributed by atoms with Crippen molar-refractivity contribution in [1.29, 1.82) is 0 Å². The summed E-state index contributed by atoms with van der Waals surface area (Å²) in [6.07, 6.45) is 9.49. The molecule has 0 radical (unpaired) electrons. The van der Waals surface area contributed by atoms with Gasteiger partial charge in [-0.2, -0.15) is 0 Å². The molecule has 1 N–H and O–H groups in total. The highest BCUT2D eigenvalue weighted by Gasteiger charge is 2.45. The smallest absolute Gasteiger partial charge is 0.278 e. The van der Waals surface area contributed by atoms with Crippen molar-refractivity contribution in [3.05, 3.63) is 41.6 Å². The Hall–Kier alpha value is -2.14. The molecule has 1 aliphatic carbocycles. The summed E-state index contributed by atoms with van der Waals surface area (Å²) in [5.41, 5.74) is 1.93. The van der Waals surface area contributed by atoms with Gasteiger partial charge in [-0.15, -0.1) is 0 Å². The Balaban J connectivity index is 1.70. The van der Waals surface area contributed by atoms with E-state index in [2.05, 4.69) is 4.90 Å². The van der Waals surface area contributed by atoms with Gasteiger partial charge in [0.2, 0.25) is 0 Å². The maximum absolute atomic E-state index is 13.6. The van der Waals surface area contributed by atoms with E-state index in [0.29, 0.717) is 17.8 Å². The van der Waals surface area contributed by atoms with Gasteiger partial charge in [-0.25, -0.2) is 0 Å². The van der Waals surface area contributed by atoms with Crippen LogP contribution >= 0.6 is 0 Å². The van der Waals surface area contributed by atoms with Gasteiger partial charge >= 0.3 is 0 Å². The number of amides is 2. The van der Waals surface area contributed by atoms with Crippen LogP contribution in [-0.2, 0) is 9.59 Å². The Morgan fingerprint density at radius 1 is 0.862 bits per heavy atom. The second-order valence-corrected chi connectivity index (χ2v) is 8.71. The van der Waals surface area contributed by atoms with Gasteiger partial charge in [0, 0.05) is 25.7 Å². The molecule has 0 aromatic heterocycles. The Morgan fingerprint density at radius 3 is 2.24 bits per heavy atom. The van der Waals surface area contributed by atoms with Crippen LogP contribution in [0.5, 0.6) is 0 Å². The fraction of sp³-hybridized carbons (Fsp3) is 0.583. The average Bonchev–Trinajstić information content (AvgIpc) is 2.99. The molecule has 4 rings (SSSR count). The zero-order valence-corrected chi connectivity index (χ0v) is 17.2. The lowest BCUT2D eigenvalue weighted by molar-refractivity contribution is -0.140. The number of aliphatic hydroxyl groups excluding tert-OH is 1. The first-order chi connectivity index (χ1) is 14.2. The van der Waals surface area contributed by atoms with Crippen molar-refractivity contribution >= 4 is 17.4 Å². The van der Waals surface area contributed by atoms with Gasteiger partial charge in [0.05, 0.1) is 5.57 Å². The molecule has 2 aliphatic heterocycles. The molecule has 3 aliphatic rings. The third-order valence-electron chi connectivity index (χ3n) is 6.69. The summed E-state index contributed by atoms with van der Waals surface area (Å²) in [6, 6.07) is 9.63. The van der Waals surface area contributed by atoms with E-state index in [9.17, 15) is 14.7 Å². The number of nitrogens with zero attached hydrogens (tertiary/aromatic N) is 2. The standard InChI is InChI=1S/C24H32N2O3/c27-17-18-10-9-15-25(16-18)22-21(19-11-5-4-6-12-19)23(28)26(24(22)29)20-13-7-2-1-3-8-14-20/h4-6,11-12,18,20,27H,1-3,7-10,13-17H2. The molecule has 1 saturated heterocycles. The quantitative estimate of drug-likeness (QED) is 0.790. The number of carbonyl (C=O) groups excluding carboxylic acids is 2. The molecular weight excluding hydrogens is 364 g/mol. The molecule has 1 unspecified atom stereocenters. The maximum atomic E-state index is 13.6. The first-order valence-electron chi connectivity index (χ1n) is 11.2. The Labute approximate surface area is 173 Å². The maximum Gasteiger partial charge on any atom is 0.278 e. The second kappa shape index (κ2) is 9.12. The predicted molar refractivity (Wildman–Crippen MR) is 113 cm³/mol. The van der Waals surface area contributed by atoms with Crippen molar-refractivity contribution in [1.82, 2.24) is 9.80 Å². The Kier molecular flexibility index (Phi) is 6.34. The Morgan fingerprint density at radius 2 is 1.55 bits per heavy atom. The fourth-order valence-corrected chi connectivity index (χ4v) is 5.14. The van der Waals surface area contributed by atoms with Crippen LogP contribution in [0.2, 0.25) is 0 Å². The van der Waals surface area contributed by atoms with Crippen molar-refractivity contribution in [3.63, 3.8) is 0 Å². The van der Waals surface area contributed by atoms with Crippen molar-refractivity contribution in [3.8, 4) is 0 Å². The summed E-state index contributed by atoms with van der Waals surface area (Å²) in [4.78, 5) is 30.9. The number of hydrogen-bond acceptors (Lipinski definition) is 4. The minimum Gasteiger partial charge on any atom is -0.396 e. The summed E-state index contributed by atoms with van der Waals surface area (Å²) in [6.45, 7) is 1.53. The van der Waals surface area contributed by atoms with Crippen LogP contribution in [0.4, 0.5) is 0 Å². The molecule has 0 spiro atoms. The van der Waals surface area contributed by atoms with E-state index in [1.807, 2.05) is 30.3 Å². The van der Waals surface area contributed by atoms with E-state index < -0.39 is 0 Å². The molecule has 29 heavy (non-hydrogen) atoms. The van der Waals surface area contributed by atoms with Gasteiger partial charge in [-0.1, -0.05) is 62.4 Å². The Bertz CT molecular complexity index is 766. The van der Waals surface area contributed by atoms with Gasteiger partial charge < -0.3 is 10.0 Å². The lowest BCUT2D eigenvalue weighted by atomic mass is 9.95. The van der Waals surface area contributed by atoms with Crippen LogP contribution in [0.15, 0.2) is 36.0 Å². The number of rotatable bonds is 4. The molecular formula is C24H32N2O3. The first-order valence-corrected chi connectivity index (χ1v) is 11.2. The molecule has 2 amide bonds. The third kappa shape index (κ3) is 4.11. The number of piperidine rings is 1. The second-order valence-electron chi connectivity index (χ2n) is 8.71. The first kappa shape index (κ1) is 20.1. The minimum atomic E-state index is -0.132. The van der Waals surface area contributed by atoms with Crippen LogP contribution in [-0.4, -0.2) is 52.5 Å². The molecule has 1 saturated carbocycles. The highest BCUT2D eigenvalue weighted by molar-refractivity contribution is 6.35.